The van der Waals surface area contributed by atoms with Crippen LogP contribution in [0.25, 0.3) is 0 Å². The predicted octanol–water partition coefficient (Wildman–Crippen LogP) is 2.19. The molecular weight excluding hydrogens is 342 g/mol. The molecule has 0 saturated heterocycles. The molecule has 2 aromatic heterocycles. The van der Waals surface area contributed by atoms with Crippen molar-refractivity contribution in [1.82, 2.24) is 25.6 Å². The fourth-order valence-corrected chi connectivity index (χ4v) is 4.52. The minimum absolute atomic E-state index is 0.142. The third kappa shape index (κ3) is 3.54. The lowest BCUT2D eigenvalue weighted by molar-refractivity contribution is 0.0827. The molecule has 7 nitrogen and oxygen atoms in total. The molecule has 27 heavy (non-hydrogen) atoms. The van der Waals surface area contributed by atoms with Gasteiger partial charge in [0, 0.05) is 29.7 Å². The highest BCUT2D eigenvalue weighted by atomic mass is 16.2. The van der Waals surface area contributed by atoms with Crippen LogP contribution in [0.1, 0.15) is 65.1 Å². The fraction of sp³-hybridized carbons (Fsp3) is 0.450. The van der Waals surface area contributed by atoms with Crippen LogP contribution < -0.4 is 10.6 Å². The Bertz CT molecular complexity index is 872. The first kappa shape index (κ1) is 17.6. The molecule has 7 heteroatoms. The summed E-state index contributed by atoms with van der Waals surface area (Å²) < 4.78 is 0. The molecule has 2 fully saturated rings. The first-order valence-corrected chi connectivity index (χ1v) is 9.33. The van der Waals surface area contributed by atoms with Gasteiger partial charge >= 0.3 is 0 Å². The summed E-state index contributed by atoms with van der Waals surface area (Å²) in [5, 5.41) is 6.40. The van der Waals surface area contributed by atoms with Crippen LogP contribution in [0.4, 0.5) is 0 Å². The second kappa shape index (κ2) is 6.72. The molecule has 2 heterocycles. The summed E-state index contributed by atoms with van der Waals surface area (Å²) >= 11 is 0. The summed E-state index contributed by atoms with van der Waals surface area (Å²) in [6.07, 6.45) is 11.4. The Labute approximate surface area is 158 Å². The molecule has 2 atom stereocenters. The first-order valence-electron chi connectivity index (χ1n) is 9.33. The van der Waals surface area contributed by atoms with Crippen LogP contribution in [0, 0.1) is 6.92 Å². The standard InChI is InChI=1S/C20H23N5O2/c1-14-3-8-22-15(11-14)17(26)24-19-4-2-5-20(13-19,7-6-19)25-18(27)16-12-21-9-10-23-16/h3,8-12H,2,4-7,13H2,1H3,(H,24,26)(H,25,27). The van der Waals surface area contributed by atoms with Gasteiger partial charge in [-0.3, -0.25) is 19.6 Å². The van der Waals surface area contributed by atoms with E-state index in [1.54, 1.807) is 18.5 Å². The van der Waals surface area contributed by atoms with Gasteiger partial charge in [0.25, 0.3) is 11.8 Å². The first-order chi connectivity index (χ1) is 13.0. The quantitative estimate of drug-likeness (QED) is 0.866. The van der Waals surface area contributed by atoms with Crippen molar-refractivity contribution >= 4 is 11.8 Å². The normalized spacial score (nSPS) is 26.4. The van der Waals surface area contributed by atoms with Gasteiger partial charge in [0.1, 0.15) is 11.4 Å². The zero-order valence-electron chi connectivity index (χ0n) is 15.4. The Balaban J connectivity index is 1.48. The van der Waals surface area contributed by atoms with E-state index in [4.69, 9.17) is 0 Å². The van der Waals surface area contributed by atoms with E-state index in [1.807, 2.05) is 13.0 Å². The fourth-order valence-electron chi connectivity index (χ4n) is 4.52. The van der Waals surface area contributed by atoms with Crippen molar-refractivity contribution in [1.29, 1.82) is 0 Å². The molecule has 2 bridgehead atoms. The van der Waals surface area contributed by atoms with Gasteiger partial charge < -0.3 is 10.6 Å². The number of amides is 2. The second-order valence-electron chi connectivity index (χ2n) is 7.81. The van der Waals surface area contributed by atoms with Crippen molar-refractivity contribution in [3.8, 4) is 0 Å². The Morgan fingerprint density at radius 3 is 2.22 bits per heavy atom. The number of hydrogen-bond acceptors (Lipinski definition) is 5. The molecular formula is C20H23N5O2. The van der Waals surface area contributed by atoms with Gasteiger partial charge in [0.15, 0.2) is 0 Å². The van der Waals surface area contributed by atoms with E-state index in [0.717, 1.165) is 44.1 Å². The monoisotopic (exact) mass is 365 g/mol. The molecule has 4 rings (SSSR count). The maximum atomic E-state index is 12.7. The largest absolute Gasteiger partial charge is 0.345 e. The van der Waals surface area contributed by atoms with Crippen molar-refractivity contribution in [3.63, 3.8) is 0 Å². The number of pyridine rings is 1. The van der Waals surface area contributed by atoms with Gasteiger partial charge in [0.05, 0.1) is 6.20 Å². The van der Waals surface area contributed by atoms with E-state index < -0.39 is 0 Å². The number of aryl methyl sites for hydroxylation is 1. The van der Waals surface area contributed by atoms with Gasteiger partial charge in [-0.25, -0.2) is 4.98 Å². The zero-order valence-corrected chi connectivity index (χ0v) is 15.4. The lowest BCUT2D eigenvalue weighted by Crippen LogP contribution is -2.55. The highest BCUT2D eigenvalue weighted by Gasteiger charge is 2.52. The summed E-state index contributed by atoms with van der Waals surface area (Å²) in [6.45, 7) is 1.94. The molecule has 2 aliphatic carbocycles. The van der Waals surface area contributed by atoms with Crippen LogP contribution in [0.3, 0.4) is 0 Å². The SMILES string of the molecule is Cc1ccnc(C(=O)NC23CCCC(NC(=O)c4cnccn4)(CC2)C3)c1. The molecule has 0 aromatic carbocycles. The second-order valence-corrected chi connectivity index (χ2v) is 7.81. The predicted molar refractivity (Wildman–Crippen MR) is 99.1 cm³/mol. The third-order valence-electron chi connectivity index (χ3n) is 5.77. The van der Waals surface area contributed by atoms with Crippen LogP contribution in [0.5, 0.6) is 0 Å². The molecule has 2 N–H and O–H groups in total. The highest BCUT2D eigenvalue weighted by molar-refractivity contribution is 5.93. The number of fused-ring (bicyclic) bond motifs is 2. The molecule has 2 saturated carbocycles. The Morgan fingerprint density at radius 1 is 0.926 bits per heavy atom. The van der Waals surface area contributed by atoms with Crippen LogP contribution in [-0.2, 0) is 0 Å². The van der Waals surface area contributed by atoms with E-state index >= 15 is 0 Å². The van der Waals surface area contributed by atoms with Crippen LogP contribution >= 0.6 is 0 Å². The average molecular weight is 365 g/mol. The van der Waals surface area contributed by atoms with Gasteiger partial charge in [0.2, 0.25) is 0 Å². The van der Waals surface area contributed by atoms with E-state index in [1.165, 1.54) is 12.4 Å². The molecule has 2 amide bonds. The van der Waals surface area contributed by atoms with Gasteiger partial charge in [-0.05, 0) is 63.1 Å². The van der Waals surface area contributed by atoms with Crippen molar-refractivity contribution in [2.75, 3.05) is 0 Å². The average Bonchev–Trinajstić information content (AvgIpc) is 2.92. The Kier molecular flexibility index (Phi) is 4.37. The van der Waals surface area contributed by atoms with Crippen LogP contribution in [0.2, 0.25) is 0 Å². The van der Waals surface area contributed by atoms with Crippen molar-refractivity contribution in [2.24, 2.45) is 0 Å². The van der Waals surface area contributed by atoms with Gasteiger partial charge in [-0.1, -0.05) is 0 Å². The molecule has 2 unspecified atom stereocenters. The highest BCUT2D eigenvalue weighted by Crippen LogP contribution is 2.48. The number of rotatable bonds is 4. The lowest BCUT2D eigenvalue weighted by Gasteiger charge is -2.40. The van der Waals surface area contributed by atoms with Crippen molar-refractivity contribution in [2.45, 2.75) is 56.5 Å². The number of nitrogens with zero attached hydrogens (tertiary/aromatic N) is 3. The number of carbonyl (C=O) groups is 2. The van der Waals surface area contributed by atoms with Gasteiger partial charge in [-0.15, -0.1) is 0 Å². The maximum absolute atomic E-state index is 12.7. The smallest absolute Gasteiger partial charge is 0.271 e. The van der Waals surface area contributed by atoms with E-state index in [0.29, 0.717) is 11.4 Å². The molecule has 0 radical (unpaired) electrons. The van der Waals surface area contributed by atoms with E-state index in [2.05, 4.69) is 25.6 Å². The summed E-state index contributed by atoms with van der Waals surface area (Å²) in [5.74, 6) is -0.343. The summed E-state index contributed by atoms with van der Waals surface area (Å²) in [5.41, 5.74) is 1.20. The Morgan fingerprint density at radius 2 is 1.59 bits per heavy atom. The number of hydrogen-bond donors (Lipinski definition) is 2. The summed E-state index contributed by atoms with van der Waals surface area (Å²) in [7, 11) is 0. The maximum Gasteiger partial charge on any atom is 0.271 e. The van der Waals surface area contributed by atoms with Crippen molar-refractivity contribution < 1.29 is 9.59 Å². The minimum Gasteiger partial charge on any atom is -0.345 e. The van der Waals surface area contributed by atoms with Crippen molar-refractivity contribution in [3.05, 3.63) is 53.9 Å². The van der Waals surface area contributed by atoms with Crippen LogP contribution in [0.15, 0.2) is 36.9 Å². The summed E-state index contributed by atoms with van der Waals surface area (Å²) in [4.78, 5) is 37.5. The topological polar surface area (TPSA) is 96.9 Å². The Hall–Kier alpha value is -2.83. The van der Waals surface area contributed by atoms with E-state index in [-0.39, 0.29) is 22.9 Å². The zero-order chi connectivity index (χ0) is 18.9. The van der Waals surface area contributed by atoms with E-state index in [9.17, 15) is 9.59 Å². The molecule has 2 aliphatic rings. The lowest BCUT2D eigenvalue weighted by atomic mass is 9.78. The summed E-state index contributed by atoms with van der Waals surface area (Å²) in [6, 6.07) is 3.67. The molecule has 0 spiro atoms. The molecule has 2 aromatic rings. The number of carbonyl (C=O) groups excluding carboxylic acids is 2. The van der Waals surface area contributed by atoms with Crippen LogP contribution in [-0.4, -0.2) is 37.8 Å². The molecule has 0 aliphatic heterocycles. The third-order valence-corrected chi connectivity index (χ3v) is 5.77. The number of nitrogens with one attached hydrogen (secondary N) is 2. The minimum atomic E-state index is -0.292. The molecule has 140 valence electrons. The van der Waals surface area contributed by atoms with Gasteiger partial charge in [-0.2, -0.15) is 0 Å². The number of aromatic nitrogens is 3.